The molecular weight excluding hydrogens is 262 g/mol. The number of hydrogen-bond donors (Lipinski definition) is 1. The predicted octanol–water partition coefficient (Wildman–Crippen LogP) is 2.36. The Morgan fingerprint density at radius 3 is 2.83 bits per heavy atom. The van der Waals surface area contributed by atoms with E-state index in [1.54, 1.807) is 5.51 Å². The van der Waals surface area contributed by atoms with Gasteiger partial charge in [0, 0.05) is 12.3 Å². The van der Waals surface area contributed by atoms with Gasteiger partial charge >= 0.3 is 5.97 Å². The molecule has 2 N–H and O–H groups in total. The van der Waals surface area contributed by atoms with E-state index in [0.717, 1.165) is 10.9 Å². The van der Waals surface area contributed by atoms with Gasteiger partial charge in [0.1, 0.15) is 18.2 Å². The van der Waals surface area contributed by atoms with Gasteiger partial charge in [-0.25, -0.2) is 13.6 Å². The maximum absolute atomic E-state index is 13.3. The van der Waals surface area contributed by atoms with Crippen LogP contribution in [0.5, 0.6) is 0 Å². The molecule has 0 saturated carbocycles. The monoisotopic (exact) mass is 270 g/mol. The number of hydrogen-bond acceptors (Lipinski definition) is 5. The first-order valence-electron chi connectivity index (χ1n) is 4.87. The second kappa shape index (κ2) is 5.09. The molecule has 0 bridgehead atoms. The molecule has 0 saturated heterocycles. The quantitative estimate of drug-likeness (QED) is 0.687. The topological polar surface area (TPSA) is 65.2 Å². The smallest absolute Gasteiger partial charge is 0.341 e. The first-order valence-corrected chi connectivity index (χ1v) is 5.75. The first-order chi connectivity index (χ1) is 8.58. The lowest BCUT2D eigenvalue weighted by molar-refractivity contribution is 0.0471. The summed E-state index contributed by atoms with van der Waals surface area (Å²) in [6.07, 6.45) is 1.54. The third kappa shape index (κ3) is 2.62. The Labute approximate surface area is 105 Å². The van der Waals surface area contributed by atoms with Crippen molar-refractivity contribution in [1.82, 2.24) is 4.98 Å². The van der Waals surface area contributed by atoms with Gasteiger partial charge in [0.05, 0.1) is 21.6 Å². The van der Waals surface area contributed by atoms with Gasteiger partial charge in [0.15, 0.2) is 0 Å². The number of benzene rings is 1. The number of nitrogen functional groups attached to an aromatic ring is 1. The van der Waals surface area contributed by atoms with Crippen LogP contribution in [0.15, 0.2) is 23.8 Å². The van der Waals surface area contributed by atoms with Gasteiger partial charge in [-0.1, -0.05) is 0 Å². The molecule has 0 unspecified atom stereocenters. The Kier molecular flexibility index (Phi) is 3.52. The molecular formula is C11H8F2N2O2S. The van der Waals surface area contributed by atoms with Gasteiger partial charge < -0.3 is 10.5 Å². The molecule has 0 atom stereocenters. The van der Waals surface area contributed by atoms with Crippen LogP contribution in [0.3, 0.4) is 0 Å². The van der Waals surface area contributed by atoms with E-state index in [1.165, 1.54) is 17.5 Å². The highest BCUT2D eigenvalue weighted by Gasteiger charge is 2.16. The van der Waals surface area contributed by atoms with Gasteiger partial charge in [-0.3, -0.25) is 4.98 Å². The third-order valence-electron chi connectivity index (χ3n) is 2.14. The summed E-state index contributed by atoms with van der Waals surface area (Å²) in [5.74, 6) is -2.81. The molecule has 1 aromatic carbocycles. The summed E-state index contributed by atoms with van der Waals surface area (Å²) < 4.78 is 31.1. The highest BCUT2D eigenvalue weighted by molar-refractivity contribution is 7.09. The van der Waals surface area contributed by atoms with Crippen molar-refractivity contribution in [3.8, 4) is 0 Å². The van der Waals surface area contributed by atoms with E-state index in [-0.39, 0.29) is 12.3 Å². The summed E-state index contributed by atoms with van der Waals surface area (Å²) in [6.45, 7) is -0.0137. The average Bonchev–Trinajstić information content (AvgIpc) is 2.84. The zero-order valence-corrected chi connectivity index (χ0v) is 9.84. The van der Waals surface area contributed by atoms with Crippen molar-refractivity contribution in [1.29, 1.82) is 0 Å². The Balaban J connectivity index is 2.11. The molecule has 94 valence electrons. The van der Waals surface area contributed by atoms with Crippen LogP contribution in [0.25, 0.3) is 0 Å². The molecule has 2 rings (SSSR count). The number of carbonyl (C=O) groups is 1. The number of nitrogens with two attached hydrogens (primary N) is 1. The van der Waals surface area contributed by atoms with Crippen LogP contribution >= 0.6 is 11.3 Å². The molecule has 1 aromatic heterocycles. The van der Waals surface area contributed by atoms with Crippen molar-refractivity contribution in [3.05, 3.63) is 45.9 Å². The van der Waals surface area contributed by atoms with Gasteiger partial charge in [0.2, 0.25) is 0 Å². The fourth-order valence-corrected chi connectivity index (χ4v) is 1.76. The van der Waals surface area contributed by atoms with E-state index >= 15 is 0 Å². The number of thiazole rings is 1. The average molecular weight is 270 g/mol. The van der Waals surface area contributed by atoms with Gasteiger partial charge in [-0.2, -0.15) is 0 Å². The number of aromatic nitrogens is 1. The zero-order valence-electron chi connectivity index (χ0n) is 9.02. The standard InChI is InChI=1S/C11H8F2N2O2S/c12-8-2-9(13)10(14)1-7(8)11(16)17-4-6-3-15-5-18-6/h1-3,5H,4,14H2. The van der Waals surface area contributed by atoms with Crippen molar-refractivity contribution < 1.29 is 18.3 Å². The maximum atomic E-state index is 13.3. The van der Waals surface area contributed by atoms with Gasteiger partial charge in [0.25, 0.3) is 0 Å². The van der Waals surface area contributed by atoms with E-state index in [9.17, 15) is 13.6 Å². The van der Waals surface area contributed by atoms with Crippen LogP contribution in [-0.4, -0.2) is 11.0 Å². The van der Waals surface area contributed by atoms with E-state index in [0.29, 0.717) is 6.07 Å². The minimum absolute atomic E-state index is 0.0137. The van der Waals surface area contributed by atoms with Gasteiger partial charge in [-0.05, 0) is 6.07 Å². The van der Waals surface area contributed by atoms with E-state index in [2.05, 4.69) is 4.98 Å². The molecule has 0 aliphatic rings. The Morgan fingerprint density at radius 1 is 1.39 bits per heavy atom. The number of ether oxygens (including phenoxy) is 1. The molecule has 2 aromatic rings. The Morgan fingerprint density at radius 2 is 2.17 bits per heavy atom. The number of esters is 1. The zero-order chi connectivity index (χ0) is 13.1. The number of rotatable bonds is 3. The SMILES string of the molecule is Nc1cc(C(=O)OCc2cncs2)c(F)cc1F. The van der Waals surface area contributed by atoms with Crippen LogP contribution in [0.2, 0.25) is 0 Å². The minimum atomic E-state index is -1.00. The van der Waals surface area contributed by atoms with Crippen molar-refractivity contribution in [3.63, 3.8) is 0 Å². The van der Waals surface area contributed by atoms with Crippen molar-refractivity contribution in [2.24, 2.45) is 0 Å². The fourth-order valence-electron chi connectivity index (χ4n) is 1.25. The van der Waals surface area contributed by atoms with E-state index in [1.807, 2.05) is 0 Å². The summed E-state index contributed by atoms with van der Waals surface area (Å²) in [5.41, 5.74) is 6.15. The predicted molar refractivity (Wildman–Crippen MR) is 62.0 cm³/mol. The molecule has 0 aliphatic heterocycles. The third-order valence-corrected chi connectivity index (χ3v) is 2.89. The molecule has 0 radical (unpaired) electrons. The van der Waals surface area contributed by atoms with Crippen molar-refractivity contribution in [2.45, 2.75) is 6.61 Å². The highest BCUT2D eigenvalue weighted by Crippen LogP contribution is 2.18. The molecule has 0 aliphatic carbocycles. The van der Waals surface area contributed by atoms with Crippen LogP contribution in [0.4, 0.5) is 14.5 Å². The summed E-state index contributed by atoms with van der Waals surface area (Å²) >= 11 is 1.30. The molecule has 4 nitrogen and oxygen atoms in total. The van der Waals surface area contributed by atoms with Crippen LogP contribution in [0, 0.1) is 11.6 Å². The normalized spacial score (nSPS) is 10.3. The van der Waals surface area contributed by atoms with Crippen LogP contribution < -0.4 is 5.73 Å². The number of nitrogens with zero attached hydrogens (tertiary/aromatic N) is 1. The second-order valence-corrected chi connectivity index (χ2v) is 4.37. The summed E-state index contributed by atoms with van der Waals surface area (Å²) in [6, 6.07) is 1.47. The molecule has 18 heavy (non-hydrogen) atoms. The number of carbonyl (C=O) groups excluding carboxylic acids is 1. The van der Waals surface area contributed by atoms with E-state index < -0.39 is 23.2 Å². The summed E-state index contributed by atoms with van der Waals surface area (Å²) in [4.78, 5) is 16.1. The van der Waals surface area contributed by atoms with Crippen molar-refractivity contribution >= 4 is 23.0 Å². The molecule has 7 heteroatoms. The molecule has 0 amide bonds. The largest absolute Gasteiger partial charge is 0.456 e. The summed E-state index contributed by atoms with van der Waals surface area (Å²) in [7, 11) is 0. The highest BCUT2D eigenvalue weighted by atomic mass is 32.1. The van der Waals surface area contributed by atoms with Gasteiger partial charge in [-0.15, -0.1) is 11.3 Å². The number of anilines is 1. The second-order valence-electron chi connectivity index (χ2n) is 3.40. The lowest BCUT2D eigenvalue weighted by atomic mass is 10.2. The lowest BCUT2D eigenvalue weighted by Crippen LogP contribution is -2.09. The molecule has 0 fully saturated rings. The molecule has 1 heterocycles. The first kappa shape index (κ1) is 12.4. The van der Waals surface area contributed by atoms with Crippen LogP contribution in [-0.2, 0) is 11.3 Å². The summed E-state index contributed by atoms with van der Waals surface area (Å²) in [5, 5.41) is 0. The number of halogens is 2. The fraction of sp³-hybridized carbons (Fsp3) is 0.0909. The van der Waals surface area contributed by atoms with Crippen LogP contribution in [0.1, 0.15) is 15.2 Å². The molecule has 0 spiro atoms. The lowest BCUT2D eigenvalue weighted by Gasteiger charge is -2.05. The Hall–Kier alpha value is -2.02. The maximum Gasteiger partial charge on any atom is 0.341 e. The van der Waals surface area contributed by atoms with E-state index in [4.69, 9.17) is 10.5 Å². The minimum Gasteiger partial charge on any atom is -0.456 e. The Bertz CT molecular complexity index is 573. The van der Waals surface area contributed by atoms with Crippen molar-refractivity contribution in [2.75, 3.05) is 5.73 Å².